The Morgan fingerprint density at radius 2 is 1.95 bits per heavy atom. The molecule has 0 aromatic rings. The molecule has 19 heavy (non-hydrogen) atoms. The van der Waals surface area contributed by atoms with Crippen molar-refractivity contribution in [3.8, 4) is 0 Å². The van der Waals surface area contributed by atoms with Crippen LogP contribution >= 0.6 is 0 Å². The van der Waals surface area contributed by atoms with Crippen LogP contribution in [-0.2, 0) is 4.74 Å². The molecule has 0 bridgehead atoms. The zero-order valence-corrected chi connectivity index (χ0v) is 13.0. The predicted molar refractivity (Wildman–Crippen MR) is 84.4 cm³/mol. The van der Waals surface area contributed by atoms with E-state index in [1.54, 1.807) is 5.57 Å². The van der Waals surface area contributed by atoms with Gasteiger partial charge in [0.15, 0.2) is 0 Å². The van der Waals surface area contributed by atoms with E-state index in [0.717, 1.165) is 6.61 Å². The average Bonchev–Trinajstić information content (AvgIpc) is 3.28. The first kappa shape index (κ1) is 16.2. The molecule has 1 atom stereocenters. The number of hydrogen-bond donors (Lipinski definition) is 0. The maximum absolute atomic E-state index is 4.97. The summed E-state index contributed by atoms with van der Waals surface area (Å²) in [5.74, 6) is 0. The zero-order valence-electron chi connectivity index (χ0n) is 13.0. The van der Waals surface area contributed by atoms with Crippen LogP contribution < -0.4 is 0 Å². The molecule has 1 fully saturated rings. The highest BCUT2D eigenvalue weighted by Gasteiger charge is 2.18. The van der Waals surface area contributed by atoms with Crippen LogP contribution in [0.1, 0.15) is 65.7 Å². The molecule has 0 spiro atoms. The molecule has 0 saturated carbocycles. The van der Waals surface area contributed by atoms with Gasteiger partial charge in [0.1, 0.15) is 0 Å². The molecule has 0 N–H and O–H groups in total. The smallest absolute Gasteiger partial charge is 0.0994 e. The molecule has 3 rings (SSSR count). The monoisotopic (exact) mass is 262 g/mol. The van der Waals surface area contributed by atoms with Gasteiger partial charge in [-0.1, -0.05) is 63.5 Å². The van der Waals surface area contributed by atoms with Crippen LogP contribution in [0, 0.1) is 0 Å². The van der Waals surface area contributed by atoms with Crippen molar-refractivity contribution >= 4 is 0 Å². The van der Waals surface area contributed by atoms with Gasteiger partial charge in [0.05, 0.1) is 12.7 Å². The van der Waals surface area contributed by atoms with Crippen LogP contribution in [-0.4, -0.2) is 12.7 Å². The van der Waals surface area contributed by atoms with Crippen LogP contribution in [0.3, 0.4) is 0 Å². The van der Waals surface area contributed by atoms with Crippen molar-refractivity contribution in [1.82, 2.24) is 0 Å². The minimum atomic E-state index is 0.455. The minimum absolute atomic E-state index is 0.455. The average molecular weight is 262 g/mol. The molecule has 1 heteroatoms. The van der Waals surface area contributed by atoms with Gasteiger partial charge in [-0.15, -0.1) is 0 Å². The lowest BCUT2D eigenvalue weighted by Gasteiger charge is -2.12. The molecule has 0 amide bonds. The maximum Gasteiger partial charge on any atom is 0.0994 e. The van der Waals surface area contributed by atoms with Crippen LogP contribution in [0.2, 0.25) is 0 Å². The molecular weight excluding hydrogens is 232 g/mol. The fourth-order valence-corrected chi connectivity index (χ4v) is 1.77. The Balaban J connectivity index is 0.000000169. The number of rotatable bonds is 6. The van der Waals surface area contributed by atoms with Gasteiger partial charge in [-0.3, -0.25) is 0 Å². The maximum atomic E-state index is 4.97. The Hall–Kier alpha value is -0.820. The first-order chi connectivity index (χ1) is 9.38. The largest absolute Gasteiger partial charge is 0.369 e. The standard InChI is InChI=1S/C9H16.C7H8O.C2H6/c1-2-3-4-6-9-7-5-8-9;1-2-6(1)3-4-7-5-8-7;1-2/h7H,2-6,8H2,1H3;1,3-4,7H,2,5H2;1-2H3/b;4-3-;. The van der Waals surface area contributed by atoms with Crippen molar-refractivity contribution in [3.63, 3.8) is 0 Å². The molecule has 1 unspecified atom stereocenters. The van der Waals surface area contributed by atoms with E-state index in [4.69, 9.17) is 4.74 Å². The molecule has 1 saturated heterocycles. The van der Waals surface area contributed by atoms with Crippen LogP contribution in [0.4, 0.5) is 0 Å². The van der Waals surface area contributed by atoms with Gasteiger partial charge in [-0.25, -0.2) is 0 Å². The summed E-state index contributed by atoms with van der Waals surface area (Å²) in [5, 5.41) is 0. The summed E-state index contributed by atoms with van der Waals surface area (Å²) in [6, 6.07) is 0. The summed E-state index contributed by atoms with van der Waals surface area (Å²) in [7, 11) is 0. The molecule has 0 aromatic heterocycles. The van der Waals surface area contributed by atoms with Crippen molar-refractivity contribution in [2.75, 3.05) is 6.61 Å². The van der Waals surface area contributed by atoms with E-state index in [1.165, 1.54) is 50.5 Å². The predicted octanol–water partition coefficient (Wildman–Crippen LogP) is 5.58. The highest BCUT2D eigenvalue weighted by molar-refractivity contribution is 5.34. The summed E-state index contributed by atoms with van der Waals surface area (Å²) in [4.78, 5) is 0. The second-order valence-electron chi connectivity index (χ2n) is 5.07. The molecule has 2 aliphatic carbocycles. The number of hydrogen-bond acceptors (Lipinski definition) is 1. The minimum Gasteiger partial charge on any atom is -0.369 e. The Labute approximate surface area is 119 Å². The fourth-order valence-electron chi connectivity index (χ4n) is 1.77. The van der Waals surface area contributed by atoms with Gasteiger partial charge in [-0.2, -0.15) is 0 Å². The van der Waals surface area contributed by atoms with Gasteiger partial charge in [0.2, 0.25) is 0 Å². The van der Waals surface area contributed by atoms with Gasteiger partial charge >= 0.3 is 0 Å². The number of ether oxygens (including phenoxy) is 1. The lowest BCUT2D eigenvalue weighted by atomic mass is 9.94. The van der Waals surface area contributed by atoms with Crippen molar-refractivity contribution in [2.24, 2.45) is 0 Å². The van der Waals surface area contributed by atoms with Crippen molar-refractivity contribution < 1.29 is 4.74 Å². The van der Waals surface area contributed by atoms with Crippen LogP contribution in [0.15, 0.2) is 35.5 Å². The molecular formula is C18H30O. The number of unbranched alkanes of at least 4 members (excludes halogenated alkanes) is 2. The highest BCUT2D eigenvalue weighted by Crippen LogP contribution is 2.23. The van der Waals surface area contributed by atoms with E-state index < -0.39 is 0 Å². The van der Waals surface area contributed by atoms with E-state index in [0.29, 0.717) is 6.10 Å². The second-order valence-corrected chi connectivity index (χ2v) is 5.07. The molecule has 0 aromatic carbocycles. The lowest BCUT2D eigenvalue weighted by molar-refractivity contribution is 0.440. The number of epoxide rings is 1. The normalized spacial score (nSPS) is 22.2. The van der Waals surface area contributed by atoms with E-state index in [1.807, 2.05) is 13.8 Å². The highest BCUT2D eigenvalue weighted by atomic mass is 16.6. The lowest BCUT2D eigenvalue weighted by Crippen LogP contribution is -1.92. The van der Waals surface area contributed by atoms with Gasteiger partial charge < -0.3 is 4.74 Å². The first-order valence-corrected chi connectivity index (χ1v) is 8.05. The summed E-state index contributed by atoms with van der Waals surface area (Å²) in [6.07, 6.45) is 18.8. The SMILES string of the molecule is C1=C(/C=C\C2CO2)C1.CC.CCCCCC1=CCC1. The van der Waals surface area contributed by atoms with Crippen molar-refractivity contribution in [1.29, 1.82) is 0 Å². The Bertz CT molecular complexity index is 319. The molecule has 0 radical (unpaired) electrons. The third-order valence-electron chi connectivity index (χ3n) is 3.32. The van der Waals surface area contributed by atoms with E-state index in [2.05, 4.69) is 31.2 Å². The molecule has 1 heterocycles. The molecule has 1 aliphatic heterocycles. The van der Waals surface area contributed by atoms with Gasteiger partial charge in [0, 0.05) is 0 Å². The molecule has 1 nitrogen and oxygen atoms in total. The third kappa shape index (κ3) is 8.83. The summed E-state index contributed by atoms with van der Waals surface area (Å²) in [6.45, 7) is 7.19. The quantitative estimate of drug-likeness (QED) is 0.345. The zero-order chi connectivity index (χ0) is 13.9. The topological polar surface area (TPSA) is 12.5 Å². The second kappa shape index (κ2) is 10.0. The van der Waals surface area contributed by atoms with E-state index in [-0.39, 0.29) is 0 Å². The van der Waals surface area contributed by atoms with Crippen LogP contribution in [0.5, 0.6) is 0 Å². The van der Waals surface area contributed by atoms with Gasteiger partial charge in [-0.05, 0) is 37.7 Å². The molecule has 108 valence electrons. The third-order valence-corrected chi connectivity index (χ3v) is 3.32. The van der Waals surface area contributed by atoms with Crippen molar-refractivity contribution in [3.05, 3.63) is 35.5 Å². The number of allylic oxidation sites excluding steroid dienone is 5. The molecule has 3 aliphatic rings. The van der Waals surface area contributed by atoms with E-state index >= 15 is 0 Å². The Morgan fingerprint density at radius 1 is 1.26 bits per heavy atom. The fraction of sp³-hybridized carbons (Fsp3) is 0.667. The Morgan fingerprint density at radius 3 is 2.37 bits per heavy atom. The first-order valence-electron chi connectivity index (χ1n) is 8.05. The van der Waals surface area contributed by atoms with Gasteiger partial charge in [0.25, 0.3) is 0 Å². The van der Waals surface area contributed by atoms with E-state index in [9.17, 15) is 0 Å². The van der Waals surface area contributed by atoms with Crippen molar-refractivity contribution in [2.45, 2.75) is 71.8 Å². The summed E-state index contributed by atoms with van der Waals surface area (Å²) >= 11 is 0. The van der Waals surface area contributed by atoms with Crippen LogP contribution in [0.25, 0.3) is 0 Å². The summed E-state index contributed by atoms with van der Waals surface area (Å²) < 4.78 is 4.97. The summed E-state index contributed by atoms with van der Waals surface area (Å²) in [5.41, 5.74) is 3.17. The Kier molecular flexibility index (Phi) is 8.57.